The fraction of sp³-hybridized carbons (Fsp3) is 0.357. The van der Waals surface area contributed by atoms with Crippen LogP contribution in [0.3, 0.4) is 0 Å². The predicted octanol–water partition coefficient (Wildman–Crippen LogP) is 5.86. The molecule has 2 aliphatic heterocycles. The number of nitrogens with zero attached hydrogens (tertiary/aromatic N) is 2. The number of aliphatic hydroxyl groups excluding tert-OH is 1. The lowest BCUT2D eigenvalue weighted by Gasteiger charge is -2.44. The molecule has 5 atom stereocenters. The van der Waals surface area contributed by atoms with E-state index in [0.29, 0.717) is 18.7 Å². The van der Waals surface area contributed by atoms with Crippen molar-refractivity contribution in [3.8, 4) is 0 Å². The summed E-state index contributed by atoms with van der Waals surface area (Å²) in [5.74, 6) is -0.520. The maximum atomic E-state index is 13.0. The number of carbonyl (C=O) groups excluding carboxylic acids is 2. The Morgan fingerprint density at radius 1 is 0.889 bits per heavy atom. The van der Waals surface area contributed by atoms with Crippen LogP contribution in [0.15, 0.2) is 108 Å². The molecule has 5 aromatic rings. The second-order valence-corrected chi connectivity index (χ2v) is 14.2. The number of imidazole rings is 1. The minimum atomic E-state index is -0.856. The Bertz CT molecular complexity index is 2070. The second kappa shape index (κ2) is 16.8. The summed E-state index contributed by atoms with van der Waals surface area (Å²) in [5, 5.41) is 15.2. The average molecular weight is 734 g/mol. The van der Waals surface area contributed by atoms with E-state index in [0.717, 1.165) is 59.2 Å². The van der Waals surface area contributed by atoms with Crippen LogP contribution in [-0.2, 0) is 32.0 Å². The van der Waals surface area contributed by atoms with Gasteiger partial charge in [0.25, 0.3) is 0 Å². The number of methoxy groups -OCH3 is 1. The van der Waals surface area contributed by atoms with E-state index in [9.17, 15) is 19.5 Å². The molecule has 0 saturated carbocycles. The van der Waals surface area contributed by atoms with Gasteiger partial charge in [-0.15, -0.1) is 0 Å². The summed E-state index contributed by atoms with van der Waals surface area (Å²) in [6.45, 7) is 4.47. The third kappa shape index (κ3) is 8.42. The van der Waals surface area contributed by atoms with Crippen LogP contribution in [0.5, 0.6) is 0 Å². The summed E-state index contributed by atoms with van der Waals surface area (Å²) in [6, 6.07) is 31.1. The van der Waals surface area contributed by atoms with Crippen molar-refractivity contribution in [1.29, 1.82) is 0 Å². The van der Waals surface area contributed by atoms with E-state index in [1.165, 1.54) is 7.11 Å². The van der Waals surface area contributed by atoms with Crippen molar-refractivity contribution in [1.82, 2.24) is 19.8 Å². The first-order chi connectivity index (χ1) is 26.3. The number of piperidine rings is 1. The molecule has 0 radical (unpaired) electrons. The van der Waals surface area contributed by atoms with Crippen molar-refractivity contribution in [2.24, 2.45) is 5.92 Å². The Labute approximate surface area is 314 Å². The Hall–Kier alpha value is -5.27. The van der Waals surface area contributed by atoms with Crippen LogP contribution in [0.1, 0.15) is 60.5 Å². The molecule has 4 N–H and O–H groups in total. The maximum absolute atomic E-state index is 13.0. The maximum Gasteiger partial charge on any atom is 0.328 e. The number of anilines is 1. The van der Waals surface area contributed by atoms with Crippen molar-refractivity contribution in [2.75, 3.05) is 32.1 Å². The molecule has 0 aliphatic carbocycles. The number of carbonyl (C=O) groups is 2. The fourth-order valence-electron chi connectivity index (χ4n) is 7.61. The average Bonchev–Trinajstić information content (AvgIpc) is 3.54. The number of esters is 1. The molecule has 2 amide bonds. The lowest BCUT2D eigenvalue weighted by molar-refractivity contribution is -0.276. The summed E-state index contributed by atoms with van der Waals surface area (Å²) in [5.41, 5.74) is 5.79. The number of fused-ring (bicyclic) bond motifs is 1. The zero-order valence-electron chi connectivity index (χ0n) is 30.5. The first kappa shape index (κ1) is 37.1. The molecule has 0 bridgehead atoms. The van der Waals surface area contributed by atoms with Crippen LogP contribution in [0.4, 0.5) is 10.5 Å². The molecule has 2 saturated heterocycles. The molecule has 282 valence electrons. The first-order valence-corrected chi connectivity index (χ1v) is 18.5. The molecular formula is C42H47N5O7. The van der Waals surface area contributed by atoms with E-state index in [2.05, 4.69) is 27.4 Å². The SMILES string of the molecule is COC(=O)C(Cc1ccccc1)NC(=O)Nc1ccc(C2OC(CN3CCC(n4c(=O)[nH]c5ccccc54)CC3)C(C)C(c3ccc(CO)cc3)O2)cc1. The van der Waals surface area contributed by atoms with Gasteiger partial charge in [0.15, 0.2) is 6.29 Å². The van der Waals surface area contributed by atoms with Gasteiger partial charge in [-0.1, -0.05) is 85.8 Å². The smallest absolute Gasteiger partial charge is 0.328 e. The molecule has 12 heteroatoms. The van der Waals surface area contributed by atoms with Gasteiger partial charge in [0.1, 0.15) is 6.04 Å². The van der Waals surface area contributed by atoms with E-state index in [4.69, 9.17) is 14.2 Å². The van der Waals surface area contributed by atoms with Gasteiger partial charge in [0.05, 0.1) is 37.0 Å². The standard InChI is InChI=1S/C42H47N5O7/c1-27-37(25-46-22-20-33(21-23-46)47-36-11-7-6-10-34(36)45-42(47)51)53-40(54-38(27)30-14-12-29(26-48)13-15-30)31-16-18-32(19-17-31)43-41(50)44-35(39(49)52-2)24-28-8-4-3-5-9-28/h3-19,27,33,35,37-38,40,48H,20-26H2,1-2H3,(H,45,51)(H2,43,44,50). The first-order valence-electron chi connectivity index (χ1n) is 18.5. The molecule has 1 aromatic heterocycles. The number of aromatic nitrogens is 2. The highest BCUT2D eigenvalue weighted by molar-refractivity contribution is 5.92. The van der Waals surface area contributed by atoms with Crippen molar-refractivity contribution < 1.29 is 28.9 Å². The number of nitrogens with one attached hydrogen (secondary N) is 3. The lowest BCUT2D eigenvalue weighted by atomic mass is 9.89. The summed E-state index contributed by atoms with van der Waals surface area (Å²) in [7, 11) is 1.30. The number of para-hydroxylation sites is 2. The van der Waals surface area contributed by atoms with Crippen molar-refractivity contribution >= 4 is 28.7 Å². The van der Waals surface area contributed by atoms with Crippen LogP contribution in [0.25, 0.3) is 11.0 Å². The van der Waals surface area contributed by atoms with Gasteiger partial charge in [0.2, 0.25) is 0 Å². The fourth-order valence-corrected chi connectivity index (χ4v) is 7.61. The number of urea groups is 1. The number of ether oxygens (including phenoxy) is 3. The Morgan fingerprint density at radius 2 is 1.57 bits per heavy atom. The number of amides is 2. The minimum Gasteiger partial charge on any atom is -0.467 e. The highest BCUT2D eigenvalue weighted by Crippen LogP contribution is 2.42. The molecule has 5 unspecified atom stereocenters. The highest BCUT2D eigenvalue weighted by atomic mass is 16.7. The number of aromatic amines is 1. The quantitative estimate of drug-likeness (QED) is 0.124. The normalized spacial score (nSPS) is 21.4. The second-order valence-electron chi connectivity index (χ2n) is 14.2. The zero-order valence-corrected chi connectivity index (χ0v) is 30.5. The van der Waals surface area contributed by atoms with Crippen LogP contribution in [0.2, 0.25) is 0 Å². The Balaban J connectivity index is 1.03. The van der Waals surface area contributed by atoms with Crippen molar-refractivity contribution in [3.63, 3.8) is 0 Å². The largest absolute Gasteiger partial charge is 0.467 e. The van der Waals surface area contributed by atoms with E-state index >= 15 is 0 Å². The monoisotopic (exact) mass is 733 g/mol. The van der Waals surface area contributed by atoms with E-state index in [1.807, 2.05) is 95.6 Å². The molecule has 2 aliphatic rings. The highest BCUT2D eigenvalue weighted by Gasteiger charge is 2.40. The summed E-state index contributed by atoms with van der Waals surface area (Å²) in [4.78, 5) is 43.7. The van der Waals surface area contributed by atoms with Gasteiger partial charge >= 0.3 is 17.7 Å². The molecule has 0 spiro atoms. The van der Waals surface area contributed by atoms with E-state index in [-0.39, 0.29) is 36.5 Å². The molecule has 2 fully saturated rings. The summed E-state index contributed by atoms with van der Waals surface area (Å²) < 4.78 is 20.2. The third-order valence-electron chi connectivity index (χ3n) is 10.6. The van der Waals surface area contributed by atoms with Crippen molar-refractivity contribution in [3.05, 3.63) is 136 Å². The van der Waals surface area contributed by atoms with Crippen LogP contribution >= 0.6 is 0 Å². The van der Waals surface area contributed by atoms with Gasteiger partial charge in [0, 0.05) is 49.3 Å². The van der Waals surface area contributed by atoms with Gasteiger partial charge in [-0.2, -0.15) is 0 Å². The Kier molecular flexibility index (Phi) is 11.5. The summed E-state index contributed by atoms with van der Waals surface area (Å²) >= 11 is 0. The lowest BCUT2D eigenvalue weighted by Crippen LogP contribution is -2.47. The number of aliphatic hydroxyl groups is 1. The number of H-pyrrole nitrogens is 1. The van der Waals surface area contributed by atoms with Crippen LogP contribution in [0, 0.1) is 5.92 Å². The molecule has 54 heavy (non-hydrogen) atoms. The molecule has 4 aromatic carbocycles. The third-order valence-corrected chi connectivity index (χ3v) is 10.6. The molecular weight excluding hydrogens is 686 g/mol. The van der Waals surface area contributed by atoms with Crippen LogP contribution < -0.4 is 16.3 Å². The van der Waals surface area contributed by atoms with E-state index in [1.54, 1.807) is 12.1 Å². The van der Waals surface area contributed by atoms with Crippen molar-refractivity contribution in [2.45, 2.75) is 63.4 Å². The zero-order chi connectivity index (χ0) is 37.6. The Morgan fingerprint density at radius 3 is 2.28 bits per heavy atom. The van der Waals surface area contributed by atoms with Gasteiger partial charge in [-0.25, -0.2) is 14.4 Å². The number of benzene rings is 4. The summed E-state index contributed by atoms with van der Waals surface area (Å²) in [6.07, 6.45) is 0.886. The molecule has 7 rings (SSSR count). The molecule has 3 heterocycles. The van der Waals surface area contributed by atoms with Gasteiger partial charge in [-0.3, -0.25) is 4.57 Å². The topological polar surface area (TPSA) is 147 Å². The minimum absolute atomic E-state index is 0.0125. The number of rotatable bonds is 11. The van der Waals surface area contributed by atoms with Gasteiger partial charge in [-0.05, 0) is 53.8 Å². The number of likely N-dealkylation sites (tertiary alicyclic amines) is 1. The number of hydrogen-bond donors (Lipinski definition) is 4. The van der Waals surface area contributed by atoms with E-state index < -0.39 is 24.3 Å². The van der Waals surface area contributed by atoms with Crippen LogP contribution in [-0.4, -0.2) is 70.4 Å². The predicted molar refractivity (Wildman–Crippen MR) is 205 cm³/mol. The molecule has 12 nitrogen and oxygen atoms in total. The number of hydrogen-bond acceptors (Lipinski definition) is 8. The van der Waals surface area contributed by atoms with Gasteiger partial charge < -0.3 is 39.8 Å².